The summed E-state index contributed by atoms with van der Waals surface area (Å²) in [5, 5.41) is 2.46. The summed E-state index contributed by atoms with van der Waals surface area (Å²) in [6.45, 7) is 6.72. The minimum atomic E-state index is 0.908. The molecule has 0 radical (unpaired) electrons. The molecular formula is C16H17N. The maximum Gasteiger partial charge on any atom is 0.0476 e. The third kappa shape index (κ3) is 2.56. The lowest BCUT2D eigenvalue weighted by molar-refractivity contribution is 0.778. The minimum Gasteiger partial charge on any atom is -0.343 e. The third-order valence-corrected chi connectivity index (χ3v) is 2.81. The molecule has 1 aromatic carbocycles. The van der Waals surface area contributed by atoms with Gasteiger partial charge in [-0.15, -0.1) is 0 Å². The summed E-state index contributed by atoms with van der Waals surface area (Å²) in [6, 6.07) is 12.6. The van der Waals surface area contributed by atoms with Crippen LogP contribution < -0.4 is 10.6 Å². The maximum atomic E-state index is 3.75. The molecule has 1 aromatic heterocycles. The van der Waals surface area contributed by atoms with Gasteiger partial charge in [-0.05, 0) is 23.8 Å². The molecule has 1 nitrogen and oxygen atoms in total. The van der Waals surface area contributed by atoms with Gasteiger partial charge in [-0.2, -0.15) is 0 Å². The Morgan fingerprint density at radius 1 is 1.18 bits per heavy atom. The predicted octanol–water partition coefficient (Wildman–Crippen LogP) is 2.30. The number of hydrogen-bond donors (Lipinski definition) is 0. The van der Waals surface area contributed by atoms with E-state index in [0.717, 1.165) is 6.54 Å². The van der Waals surface area contributed by atoms with E-state index in [4.69, 9.17) is 0 Å². The molecule has 0 aliphatic carbocycles. The smallest absolute Gasteiger partial charge is 0.0476 e. The molecule has 0 fully saturated rings. The van der Waals surface area contributed by atoms with Gasteiger partial charge in [-0.25, -0.2) is 0 Å². The van der Waals surface area contributed by atoms with Gasteiger partial charge in [0.15, 0.2) is 0 Å². The first kappa shape index (κ1) is 11.5. The van der Waals surface area contributed by atoms with Gasteiger partial charge in [-0.1, -0.05) is 55.1 Å². The van der Waals surface area contributed by atoms with Crippen LogP contribution in [0.5, 0.6) is 0 Å². The van der Waals surface area contributed by atoms with E-state index in [1.807, 2.05) is 18.2 Å². The number of hydrogen-bond acceptors (Lipinski definition) is 0. The van der Waals surface area contributed by atoms with E-state index in [2.05, 4.69) is 60.7 Å². The van der Waals surface area contributed by atoms with Crippen LogP contribution in [-0.4, -0.2) is 4.57 Å². The van der Waals surface area contributed by atoms with Crippen LogP contribution in [0.4, 0.5) is 0 Å². The number of nitrogens with zero attached hydrogens (tertiary/aromatic N) is 1. The second kappa shape index (κ2) is 5.35. The van der Waals surface area contributed by atoms with Crippen LogP contribution in [0.3, 0.4) is 0 Å². The van der Waals surface area contributed by atoms with Crippen molar-refractivity contribution in [2.75, 3.05) is 0 Å². The van der Waals surface area contributed by atoms with Crippen molar-refractivity contribution in [3.63, 3.8) is 0 Å². The number of rotatable bonds is 3. The fourth-order valence-electron chi connectivity index (χ4n) is 2.02. The Kier molecular flexibility index (Phi) is 3.61. The van der Waals surface area contributed by atoms with E-state index in [0.29, 0.717) is 0 Å². The summed E-state index contributed by atoms with van der Waals surface area (Å²) < 4.78 is 2.25. The monoisotopic (exact) mass is 223 g/mol. The Labute approximate surface area is 102 Å². The lowest BCUT2D eigenvalue weighted by atomic mass is 10.2. The molecule has 0 unspecified atom stereocenters. The summed E-state index contributed by atoms with van der Waals surface area (Å²) in [5.41, 5.74) is 1.32. The van der Waals surface area contributed by atoms with Gasteiger partial charge in [0, 0.05) is 18.1 Å². The van der Waals surface area contributed by atoms with Crippen LogP contribution in [-0.2, 0) is 6.54 Å². The highest BCUT2D eigenvalue weighted by Crippen LogP contribution is 1.99. The predicted molar refractivity (Wildman–Crippen MR) is 74.0 cm³/mol. The Morgan fingerprint density at radius 3 is 2.59 bits per heavy atom. The molecule has 0 bridgehead atoms. The molecule has 0 atom stereocenters. The maximum absolute atomic E-state index is 3.75. The average molecular weight is 223 g/mol. The lowest BCUT2D eigenvalue weighted by Crippen LogP contribution is -2.28. The highest BCUT2D eigenvalue weighted by molar-refractivity contribution is 5.37. The molecule has 0 spiro atoms. The molecule has 0 aliphatic rings. The molecule has 0 N–H and O–H groups in total. The van der Waals surface area contributed by atoms with Gasteiger partial charge in [0.05, 0.1) is 0 Å². The van der Waals surface area contributed by atoms with E-state index in [1.54, 1.807) is 0 Å². The normalized spacial score (nSPS) is 13.0. The van der Waals surface area contributed by atoms with E-state index >= 15 is 0 Å². The first-order valence-corrected chi connectivity index (χ1v) is 5.83. The SMILES string of the molecule is C=CC=c1ccn(Cc2ccccc2)c1=CC. The van der Waals surface area contributed by atoms with Gasteiger partial charge < -0.3 is 4.57 Å². The first-order valence-electron chi connectivity index (χ1n) is 5.83. The van der Waals surface area contributed by atoms with Crippen molar-refractivity contribution < 1.29 is 0 Å². The van der Waals surface area contributed by atoms with Gasteiger partial charge in [-0.3, -0.25) is 0 Å². The van der Waals surface area contributed by atoms with E-state index in [-0.39, 0.29) is 0 Å². The zero-order chi connectivity index (χ0) is 12.1. The third-order valence-electron chi connectivity index (χ3n) is 2.81. The second-order valence-electron chi connectivity index (χ2n) is 3.96. The number of benzene rings is 1. The van der Waals surface area contributed by atoms with Crippen LogP contribution in [0.25, 0.3) is 12.2 Å². The fraction of sp³-hybridized carbons (Fsp3) is 0.125. The van der Waals surface area contributed by atoms with E-state index in [9.17, 15) is 0 Å². The van der Waals surface area contributed by atoms with Gasteiger partial charge >= 0.3 is 0 Å². The van der Waals surface area contributed by atoms with Gasteiger partial charge in [0.1, 0.15) is 0 Å². The molecule has 0 saturated heterocycles. The summed E-state index contributed by atoms with van der Waals surface area (Å²) in [4.78, 5) is 0. The van der Waals surface area contributed by atoms with Crippen LogP contribution in [0.15, 0.2) is 55.3 Å². The fourth-order valence-corrected chi connectivity index (χ4v) is 2.02. The Morgan fingerprint density at radius 2 is 1.94 bits per heavy atom. The quantitative estimate of drug-likeness (QED) is 0.752. The Bertz CT molecular complexity index is 603. The zero-order valence-corrected chi connectivity index (χ0v) is 10.1. The highest BCUT2D eigenvalue weighted by Gasteiger charge is 1.96. The van der Waals surface area contributed by atoms with Crippen molar-refractivity contribution >= 4 is 12.2 Å². The van der Waals surface area contributed by atoms with Crippen LogP contribution >= 0.6 is 0 Å². The number of allylic oxidation sites excluding steroid dienone is 1. The number of aromatic nitrogens is 1. The summed E-state index contributed by atoms with van der Waals surface area (Å²) in [7, 11) is 0. The molecule has 86 valence electrons. The highest BCUT2D eigenvalue weighted by atomic mass is 14.9. The Balaban J connectivity index is 2.42. The molecule has 2 aromatic rings. The summed E-state index contributed by atoms with van der Waals surface area (Å²) in [5.74, 6) is 0. The second-order valence-corrected chi connectivity index (χ2v) is 3.96. The van der Waals surface area contributed by atoms with Crippen LogP contribution in [0, 0.1) is 0 Å². The molecule has 17 heavy (non-hydrogen) atoms. The summed E-state index contributed by atoms with van der Waals surface area (Å²) >= 11 is 0. The molecule has 1 heteroatoms. The van der Waals surface area contributed by atoms with Crippen LogP contribution in [0.2, 0.25) is 0 Å². The van der Waals surface area contributed by atoms with Crippen molar-refractivity contribution in [2.45, 2.75) is 13.5 Å². The average Bonchev–Trinajstić information content (AvgIpc) is 2.73. The standard InChI is InChI=1S/C16H17N/c1-3-8-15-11-12-17(16(15)4-2)13-14-9-6-5-7-10-14/h3-12H,1,13H2,2H3. The van der Waals surface area contributed by atoms with E-state index in [1.165, 1.54) is 16.1 Å². The van der Waals surface area contributed by atoms with E-state index < -0.39 is 0 Å². The van der Waals surface area contributed by atoms with Crippen molar-refractivity contribution in [1.82, 2.24) is 4.57 Å². The zero-order valence-electron chi connectivity index (χ0n) is 10.1. The first-order chi connectivity index (χ1) is 8.35. The van der Waals surface area contributed by atoms with Gasteiger partial charge in [0.2, 0.25) is 0 Å². The largest absolute Gasteiger partial charge is 0.343 e. The molecule has 0 saturated carbocycles. The van der Waals surface area contributed by atoms with Crippen molar-refractivity contribution in [2.24, 2.45) is 0 Å². The van der Waals surface area contributed by atoms with Gasteiger partial charge in [0.25, 0.3) is 0 Å². The van der Waals surface area contributed by atoms with Crippen LogP contribution in [0.1, 0.15) is 12.5 Å². The minimum absolute atomic E-state index is 0.908. The Hall–Kier alpha value is -2.02. The topological polar surface area (TPSA) is 4.93 Å². The molecular weight excluding hydrogens is 206 g/mol. The molecule has 1 heterocycles. The van der Waals surface area contributed by atoms with Crippen molar-refractivity contribution in [1.29, 1.82) is 0 Å². The molecule has 0 aliphatic heterocycles. The summed E-state index contributed by atoms with van der Waals surface area (Å²) in [6.07, 6.45) is 8.13. The molecule has 0 amide bonds. The van der Waals surface area contributed by atoms with Crippen molar-refractivity contribution in [3.8, 4) is 0 Å². The van der Waals surface area contributed by atoms with Crippen molar-refractivity contribution in [3.05, 3.63) is 71.4 Å². The molecule has 2 rings (SSSR count). The lowest BCUT2D eigenvalue weighted by Gasteiger charge is -2.03.